The second-order valence-corrected chi connectivity index (χ2v) is 4.70. The van der Waals surface area contributed by atoms with E-state index in [9.17, 15) is 9.90 Å². The summed E-state index contributed by atoms with van der Waals surface area (Å²) in [6, 6.07) is 11.4. The van der Waals surface area contributed by atoms with Crippen molar-refractivity contribution in [2.45, 2.75) is 20.3 Å². The Labute approximate surface area is 118 Å². The van der Waals surface area contributed by atoms with Gasteiger partial charge in [-0.15, -0.1) is 0 Å². The van der Waals surface area contributed by atoms with Gasteiger partial charge in [0.25, 0.3) is 0 Å². The van der Waals surface area contributed by atoms with E-state index in [0.717, 1.165) is 23.4 Å². The quantitative estimate of drug-likeness (QED) is 0.742. The van der Waals surface area contributed by atoms with Crippen LogP contribution < -0.4 is 11.1 Å². The van der Waals surface area contributed by atoms with Gasteiger partial charge in [-0.25, -0.2) is 4.79 Å². The van der Waals surface area contributed by atoms with Crippen molar-refractivity contribution in [1.82, 2.24) is 0 Å². The summed E-state index contributed by atoms with van der Waals surface area (Å²) in [5, 5.41) is 12.4. The average Bonchev–Trinajstić information content (AvgIpc) is 2.43. The van der Waals surface area contributed by atoms with Crippen molar-refractivity contribution in [2.75, 3.05) is 11.1 Å². The highest BCUT2D eigenvalue weighted by Gasteiger charge is 2.12. The molecule has 0 fully saturated rings. The number of carboxylic acids is 1. The molecule has 20 heavy (non-hydrogen) atoms. The van der Waals surface area contributed by atoms with E-state index in [0.29, 0.717) is 5.69 Å². The topological polar surface area (TPSA) is 75.3 Å². The molecule has 2 aromatic carbocycles. The van der Waals surface area contributed by atoms with Gasteiger partial charge in [-0.2, -0.15) is 0 Å². The number of carboxylic acid groups (broad SMARTS) is 1. The molecule has 0 unspecified atom stereocenters. The number of rotatable bonds is 4. The minimum absolute atomic E-state index is 0.126. The molecule has 0 aliphatic rings. The first-order chi connectivity index (χ1) is 9.52. The zero-order valence-corrected chi connectivity index (χ0v) is 11.6. The number of anilines is 3. The van der Waals surface area contributed by atoms with Gasteiger partial charge >= 0.3 is 5.97 Å². The highest BCUT2D eigenvalue weighted by molar-refractivity contribution is 5.96. The summed E-state index contributed by atoms with van der Waals surface area (Å²) >= 11 is 0. The minimum Gasteiger partial charge on any atom is -0.478 e. The van der Waals surface area contributed by atoms with E-state index in [-0.39, 0.29) is 5.56 Å². The zero-order chi connectivity index (χ0) is 14.7. The minimum atomic E-state index is -1.02. The van der Waals surface area contributed by atoms with Gasteiger partial charge in [0.05, 0.1) is 5.56 Å². The van der Waals surface area contributed by atoms with Gasteiger partial charge in [0.15, 0.2) is 0 Å². The molecule has 0 aromatic heterocycles. The van der Waals surface area contributed by atoms with Crippen LogP contribution in [0.5, 0.6) is 0 Å². The molecule has 4 N–H and O–H groups in total. The summed E-state index contributed by atoms with van der Waals surface area (Å²) in [5.41, 5.74) is 9.88. The SMILES string of the molecule is CCc1ccccc1Nc1cc(C)c(N)c(C(=O)O)c1. The number of carbonyl (C=O) groups is 1. The van der Waals surface area contributed by atoms with Crippen LogP contribution in [0, 0.1) is 6.92 Å². The lowest BCUT2D eigenvalue weighted by atomic mass is 10.1. The molecule has 0 saturated carbocycles. The third kappa shape index (κ3) is 2.74. The van der Waals surface area contributed by atoms with E-state index in [1.165, 1.54) is 5.56 Å². The van der Waals surface area contributed by atoms with Crippen LogP contribution in [0.25, 0.3) is 0 Å². The molecular weight excluding hydrogens is 252 g/mol. The highest BCUT2D eigenvalue weighted by atomic mass is 16.4. The van der Waals surface area contributed by atoms with Crippen molar-refractivity contribution >= 4 is 23.0 Å². The number of hydrogen-bond donors (Lipinski definition) is 3. The van der Waals surface area contributed by atoms with Crippen molar-refractivity contribution < 1.29 is 9.90 Å². The summed E-state index contributed by atoms with van der Waals surface area (Å²) < 4.78 is 0. The van der Waals surface area contributed by atoms with Crippen LogP contribution >= 0.6 is 0 Å². The molecular formula is C16H18N2O2. The van der Waals surface area contributed by atoms with E-state index in [1.807, 2.05) is 30.3 Å². The predicted octanol–water partition coefficient (Wildman–Crippen LogP) is 3.58. The van der Waals surface area contributed by atoms with Gasteiger partial charge in [-0.3, -0.25) is 0 Å². The lowest BCUT2D eigenvalue weighted by Gasteiger charge is -2.13. The molecule has 0 aliphatic heterocycles. The third-order valence-corrected chi connectivity index (χ3v) is 3.29. The molecule has 0 atom stereocenters. The first-order valence-corrected chi connectivity index (χ1v) is 6.51. The Balaban J connectivity index is 2.41. The normalized spacial score (nSPS) is 10.3. The first-order valence-electron chi connectivity index (χ1n) is 6.51. The molecule has 0 radical (unpaired) electrons. The van der Waals surface area contributed by atoms with E-state index >= 15 is 0 Å². The van der Waals surface area contributed by atoms with E-state index in [1.54, 1.807) is 13.0 Å². The predicted molar refractivity (Wildman–Crippen MR) is 81.7 cm³/mol. The molecule has 0 saturated heterocycles. The number of para-hydroxylation sites is 1. The summed E-state index contributed by atoms with van der Waals surface area (Å²) in [6.07, 6.45) is 0.906. The zero-order valence-electron chi connectivity index (χ0n) is 11.6. The number of nitrogens with two attached hydrogens (primary N) is 1. The van der Waals surface area contributed by atoms with Crippen molar-refractivity contribution in [3.63, 3.8) is 0 Å². The van der Waals surface area contributed by atoms with Crippen LogP contribution in [0.3, 0.4) is 0 Å². The number of nitrogen functional groups attached to an aromatic ring is 1. The number of nitrogens with one attached hydrogen (secondary N) is 1. The summed E-state index contributed by atoms with van der Waals surface area (Å²) in [6.45, 7) is 3.89. The fourth-order valence-electron chi connectivity index (χ4n) is 2.15. The number of aromatic carboxylic acids is 1. The van der Waals surface area contributed by atoms with Crippen molar-refractivity contribution in [2.24, 2.45) is 0 Å². The van der Waals surface area contributed by atoms with Crippen LogP contribution in [-0.2, 0) is 6.42 Å². The second-order valence-electron chi connectivity index (χ2n) is 4.70. The first kappa shape index (κ1) is 13.9. The molecule has 0 aliphatic carbocycles. The highest BCUT2D eigenvalue weighted by Crippen LogP contribution is 2.27. The molecule has 2 aromatic rings. The summed E-state index contributed by atoms with van der Waals surface area (Å²) in [5.74, 6) is -1.02. The Morgan fingerprint density at radius 1 is 1.30 bits per heavy atom. The van der Waals surface area contributed by atoms with E-state index < -0.39 is 5.97 Å². The molecule has 0 amide bonds. The van der Waals surface area contributed by atoms with Gasteiger partial charge < -0.3 is 16.2 Å². The fraction of sp³-hybridized carbons (Fsp3) is 0.188. The number of aryl methyl sites for hydroxylation is 2. The van der Waals surface area contributed by atoms with Crippen LogP contribution in [0.2, 0.25) is 0 Å². The Bertz CT molecular complexity index is 651. The maximum atomic E-state index is 11.2. The maximum absolute atomic E-state index is 11.2. The Kier molecular flexibility index (Phi) is 3.94. The van der Waals surface area contributed by atoms with Crippen LogP contribution in [0.15, 0.2) is 36.4 Å². The summed E-state index contributed by atoms with van der Waals surface area (Å²) in [4.78, 5) is 11.2. The molecule has 2 rings (SSSR count). The largest absolute Gasteiger partial charge is 0.478 e. The maximum Gasteiger partial charge on any atom is 0.337 e. The van der Waals surface area contributed by atoms with Crippen LogP contribution in [0.1, 0.15) is 28.4 Å². The Morgan fingerprint density at radius 3 is 2.65 bits per heavy atom. The fourth-order valence-corrected chi connectivity index (χ4v) is 2.15. The van der Waals surface area contributed by atoms with Gasteiger partial charge in [0.2, 0.25) is 0 Å². The van der Waals surface area contributed by atoms with Crippen LogP contribution in [0.4, 0.5) is 17.1 Å². The Morgan fingerprint density at radius 2 is 2.00 bits per heavy atom. The molecule has 4 heteroatoms. The lowest BCUT2D eigenvalue weighted by molar-refractivity contribution is 0.0698. The molecule has 104 valence electrons. The second kappa shape index (κ2) is 5.65. The van der Waals surface area contributed by atoms with Crippen molar-refractivity contribution in [3.05, 3.63) is 53.1 Å². The monoisotopic (exact) mass is 270 g/mol. The van der Waals surface area contributed by atoms with Gasteiger partial charge in [-0.05, 0) is 42.7 Å². The number of hydrogen-bond acceptors (Lipinski definition) is 3. The average molecular weight is 270 g/mol. The van der Waals surface area contributed by atoms with Gasteiger partial charge in [-0.1, -0.05) is 25.1 Å². The van der Waals surface area contributed by atoms with Crippen LogP contribution in [-0.4, -0.2) is 11.1 Å². The number of benzene rings is 2. The van der Waals surface area contributed by atoms with Crippen molar-refractivity contribution in [1.29, 1.82) is 0 Å². The molecule has 0 spiro atoms. The standard InChI is InChI=1S/C16H18N2O2/c1-3-11-6-4-5-7-14(11)18-12-8-10(2)15(17)13(9-12)16(19)20/h4-9,18H,3,17H2,1-2H3,(H,19,20). The van der Waals surface area contributed by atoms with Gasteiger partial charge in [0, 0.05) is 17.1 Å². The van der Waals surface area contributed by atoms with Crippen molar-refractivity contribution in [3.8, 4) is 0 Å². The molecule has 0 bridgehead atoms. The van der Waals surface area contributed by atoms with E-state index in [4.69, 9.17) is 5.73 Å². The smallest absolute Gasteiger partial charge is 0.337 e. The lowest BCUT2D eigenvalue weighted by Crippen LogP contribution is -2.06. The Hall–Kier alpha value is -2.49. The van der Waals surface area contributed by atoms with Gasteiger partial charge in [0.1, 0.15) is 0 Å². The molecule has 0 heterocycles. The summed E-state index contributed by atoms with van der Waals surface area (Å²) in [7, 11) is 0. The third-order valence-electron chi connectivity index (χ3n) is 3.29. The molecule has 4 nitrogen and oxygen atoms in total. The van der Waals surface area contributed by atoms with E-state index in [2.05, 4.69) is 12.2 Å².